The summed E-state index contributed by atoms with van der Waals surface area (Å²) in [6.07, 6.45) is 0. The molecule has 0 saturated carbocycles. The molecule has 0 atom stereocenters. The molecule has 20 heavy (non-hydrogen) atoms. The number of sulfonamides is 1. The summed E-state index contributed by atoms with van der Waals surface area (Å²) in [7, 11) is -7.97. The predicted molar refractivity (Wildman–Crippen MR) is 73.1 cm³/mol. The average molecular weight is 344 g/mol. The Hall–Kier alpha value is -0.710. The van der Waals surface area contributed by atoms with E-state index in [0.717, 1.165) is 24.3 Å². The van der Waals surface area contributed by atoms with E-state index in [-0.39, 0.29) is 35.3 Å². The van der Waals surface area contributed by atoms with E-state index >= 15 is 0 Å². The lowest BCUT2D eigenvalue weighted by Gasteiger charge is -2.26. The predicted octanol–water partition coefficient (Wildman–Crippen LogP) is 0.376. The van der Waals surface area contributed by atoms with Gasteiger partial charge in [0.25, 0.3) is 10.1 Å². The first-order valence-electron chi connectivity index (χ1n) is 5.47. The summed E-state index contributed by atoms with van der Waals surface area (Å²) in [6.45, 7) is 1.20. The van der Waals surface area contributed by atoms with Crippen molar-refractivity contribution in [3.05, 3.63) is 24.3 Å². The third-order valence-electron chi connectivity index (χ3n) is 2.73. The first kappa shape index (κ1) is 17.3. The molecular formula is C10H14ClNO6S2. The topological polar surface area (TPSA) is 101 Å². The van der Waals surface area contributed by atoms with Gasteiger partial charge in [-0.2, -0.15) is 12.7 Å². The van der Waals surface area contributed by atoms with E-state index in [1.807, 2.05) is 0 Å². The van der Waals surface area contributed by atoms with Crippen molar-refractivity contribution in [2.75, 3.05) is 26.3 Å². The summed E-state index contributed by atoms with van der Waals surface area (Å²) in [4.78, 5) is -0.352. The maximum absolute atomic E-state index is 12.2. The Bertz CT molecular complexity index is 649. The molecule has 1 aliphatic heterocycles. The van der Waals surface area contributed by atoms with Gasteiger partial charge in [-0.3, -0.25) is 4.55 Å². The molecule has 1 heterocycles. The summed E-state index contributed by atoms with van der Waals surface area (Å²) in [5.74, 6) is 0. The van der Waals surface area contributed by atoms with E-state index in [4.69, 9.17) is 9.29 Å². The third-order valence-corrected chi connectivity index (χ3v) is 5.51. The fourth-order valence-electron chi connectivity index (χ4n) is 1.72. The maximum atomic E-state index is 12.2. The van der Waals surface area contributed by atoms with E-state index in [1.165, 1.54) is 4.31 Å². The van der Waals surface area contributed by atoms with Crippen molar-refractivity contribution in [1.29, 1.82) is 0 Å². The third kappa shape index (κ3) is 3.68. The molecule has 1 N–H and O–H groups in total. The monoisotopic (exact) mass is 343 g/mol. The van der Waals surface area contributed by atoms with Crippen LogP contribution in [0.15, 0.2) is 34.1 Å². The largest absolute Gasteiger partial charge is 0.379 e. The summed E-state index contributed by atoms with van der Waals surface area (Å²) < 4.78 is 61.3. The van der Waals surface area contributed by atoms with Gasteiger partial charge in [0.05, 0.1) is 23.0 Å². The lowest BCUT2D eigenvalue weighted by molar-refractivity contribution is 0.0730. The van der Waals surface area contributed by atoms with Crippen LogP contribution < -0.4 is 0 Å². The van der Waals surface area contributed by atoms with Gasteiger partial charge in [-0.25, -0.2) is 8.42 Å². The fourth-order valence-corrected chi connectivity index (χ4v) is 3.61. The average Bonchev–Trinajstić information content (AvgIpc) is 2.39. The van der Waals surface area contributed by atoms with Crippen LogP contribution in [0.3, 0.4) is 0 Å². The fraction of sp³-hybridized carbons (Fsp3) is 0.400. The molecule has 0 radical (unpaired) electrons. The number of hydrogen-bond donors (Lipinski definition) is 1. The molecule has 1 fully saturated rings. The van der Waals surface area contributed by atoms with E-state index < -0.39 is 20.1 Å². The van der Waals surface area contributed by atoms with E-state index in [2.05, 4.69) is 0 Å². The van der Waals surface area contributed by atoms with Gasteiger partial charge in [0.1, 0.15) is 0 Å². The molecular weight excluding hydrogens is 330 g/mol. The SMILES string of the molecule is Cl.O=S(=O)(O)c1ccc(S(=O)(=O)N2CCOCC2)cc1. The van der Waals surface area contributed by atoms with Gasteiger partial charge in [0.2, 0.25) is 10.0 Å². The quantitative estimate of drug-likeness (QED) is 0.796. The Balaban J connectivity index is 0.00000200. The zero-order chi connectivity index (χ0) is 14.1. The molecule has 1 aliphatic rings. The second-order valence-electron chi connectivity index (χ2n) is 3.96. The van der Waals surface area contributed by atoms with Crippen molar-refractivity contribution in [3.63, 3.8) is 0 Å². The molecule has 2 rings (SSSR count). The summed E-state index contributed by atoms with van der Waals surface area (Å²) in [5, 5.41) is 0. The van der Waals surface area contributed by atoms with Crippen molar-refractivity contribution in [2.45, 2.75) is 9.79 Å². The zero-order valence-electron chi connectivity index (χ0n) is 10.3. The van der Waals surface area contributed by atoms with Crippen molar-refractivity contribution in [1.82, 2.24) is 4.31 Å². The van der Waals surface area contributed by atoms with Gasteiger partial charge < -0.3 is 4.74 Å². The zero-order valence-corrected chi connectivity index (χ0v) is 12.7. The molecule has 0 amide bonds. The van der Waals surface area contributed by atoms with Gasteiger partial charge >= 0.3 is 0 Å². The highest BCUT2D eigenvalue weighted by atomic mass is 35.5. The molecule has 1 aromatic carbocycles. The smallest absolute Gasteiger partial charge is 0.294 e. The van der Waals surface area contributed by atoms with Gasteiger partial charge in [-0.1, -0.05) is 0 Å². The highest BCUT2D eigenvalue weighted by Crippen LogP contribution is 2.19. The van der Waals surface area contributed by atoms with Crippen LogP contribution in [0.25, 0.3) is 0 Å². The Labute approximate surface area is 123 Å². The molecule has 10 heteroatoms. The van der Waals surface area contributed by atoms with Gasteiger partial charge in [-0.15, -0.1) is 12.4 Å². The second kappa shape index (κ2) is 6.37. The first-order valence-corrected chi connectivity index (χ1v) is 8.35. The van der Waals surface area contributed by atoms with Gasteiger partial charge in [0, 0.05) is 13.1 Å². The number of rotatable bonds is 3. The van der Waals surface area contributed by atoms with Crippen molar-refractivity contribution < 1.29 is 26.1 Å². The Morgan fingerprint density at radius 3 is 1.85 bits per heavy atom. The molecule has 1 saturated heterocycles. The minimum absolute atomic E-state index is 0. The van der Waals surface area contributed by atoms with Crippen LogP contribution in [0.4, 0.5) is 0 Å². The number of benzene rings is 1. The molecule has 0 unspecified atom stereocenters. The highest BCUT2D eigenvalue weighted by Gasteiger charge is 2.26. The molecule has 0 bridgehead atoms. The van der Waals surface area contributed by atoms with E-state index in [0.29, 0.717) is 13.2 Å². The van der Waals surface area contributed by atoms with Crippen LogP contribution in [0.1, 0.15) is 0 Å². The standard InChI is InChI=1S/C10H13NO6S2.ClH/c12-18(13,11-5-7-17-8-6-11)9-1-3-10(4-2-9)19(14,15)16;/h1-4H,5-8H2,(H,14,15,16);1H. The lowest BCUT2D eigenvalue weighted by atomic mass is 10.4. The van der Waals surface area contributed by atoms with Crippen molar-refractivity contribution in [3.8, 4) is 0 Å². The highest BCUT2D eigenvalue weighted by molar-refractivity contribution is 7.89. The molecule has 0 spiro atoms. The van der Waals surface area contributed by atoms with Gasteiger partial charge in [-0.05, 0) is 24.3 Å². The van der Waals surface area contributed by atoms with Crippen LogP contribution in [0.2, 0.25) is 0 Å². The molecule has 1 aromatic rings. The Morgan fingerprint density at radius 1 is 0.950 bits per heavy atom. The molecule has 0 aliphatic carbocycles. The second-order valence-corrected chi connectivity index (χ2v) is 7.32. The van der Waals surface area contributed by atoms with Crippen LogP contribution in [0, 0.1) is 0 Å². The molecule has 114 valence electrons. The number of ether oxygens (including phenoxy) is 1. The van der Waals surface area contributed by atoms with Crippen LogP contribution in [-0.2, 0) is 24.9 Å². The van der Waals surface area contributed by atoms with Crippen LogP contribution in [-0.4, -0.2) is 52.0 Å². The number of hydrogen-bond acceptors (Lipinski definition) is 5. The maximum Gasteiger partial charge on any atom is 0.294 e. The molecule has 0 aromatic heterocycles. The number of nitrogens with zero attached hydrogens (tertiary/aromatic N) is 1. The Kier molecular flexibility index (Phi) is 5.53. The minimum Gasteiger partial charge on any atom is -0.379 e. The summed E-state index contributed by atoms with van der Waals surface area (Å²) in [6, 6.07) is 4.44. The van der Waals surface area contributed by atoms with E-state index in [9.17, 15) is 16.8 Å². The summed E-state index contributed by atoms with van der Waals surface area (Å²) >= 11 is 0. The minimum atomic E-state index is -4.32. The van der Waals surface area contributed by atoms with Gasteiger partial charge in [0.15, 0.2) is 0 Å². The van der Waals surface area contributed by atoms with Crippen molar-refractivity contribution in [2.24, 2.45) is 0 Å². The van der Waals surface area contributed by atoms with Crippen molar-refractivity contribution >= 4 is 32.5 Å². The summed E-state index contributed by atoms with van der Waals surface area (Å²) in [5.41, 5.74) is 0. The molecule has 7 nitrogen and oxygen atoms in total. The van der Waals surface area contributed by atoms with Crippen LogP contribution in [0.5, 0.6) is 0 Å². The number of morpholine rings is 1. The first-order chi connectivity index (χ1) is 8.82. The number of halogens is 1. The lowest BCUT2D eigenvalue weighted by Crippen LogP contribution is -2.40. The van der Waals surface area contributed by atoms with Crippen LogP contribution >= 0.6 is 12.4 Å². The van der Waals surface area contributed by atoms with E-state index in [1.54, 1.807) is 0 Å². The Morgan fingerprint density at radius 2 is 1.40 bits per heavy atom. The normalized spacial score (nSPS) is 17.4.